The Bertz CT molecular complexity index is 527. The van der Waals surface area contributed by atoms with Gasteiger partial charge in [-0.15, -0.1) is 11.3 Å². The molecule has 1 heterocycles. The SMILES string of the molecule is COc1cc(CBr)ccc1OCc1nc(C)cs1. The molecular weight excluding hydrogens is 314 g/mol. The Morgan fingerprint density at radius 3 is 2.78 bits per heavy atom. The van der Waals surface area contributed by atoms with Crippen LogP contribution in [-0.4, -0.2) is 12.1 Å². The summed E-state index contributed by atoms with van der Waals surface area (Å²) < 4.78 is 11.1. The quantitative estimate of drug-likeness (QED) is 0.779. The third-order valence-corrected chi connectivity index (χ3v) is 3.99. The number of thiazole rings is 1. The van der Waals surface area contributed by atoms with Crippen LogP contribution in [0.5, 0.6) is 11.5 Å². The third kappa shape index (κ3) is 3.23. The first kappa shape index (κ1) is 13.4. The Morgan fingerprint density at radius 1 is 1.33 bits per heavy atom. The van der Waals surface area contributed by atoms with Gasteiger partial charge in [-0.3, -0.25) is 0 Å². The van der Waals surface area contributed by atoms with E-state index >= 15 is 0 Å². The predicted molar refractivity (Wildman–Crippen MR) is 76.8 cm³/mol. The molecule has 0 spiro atoms. The molecule has 0 unspecified atom stereocenters. The number of benzene rings is 1. The van der Waals surface area contributed by atoms with Crippen LogP contribution in [-0.2, 0) is 11.9 Å². The number of nitrogens with zero attached hydrogens (tertiary/aromatic N) is 1. The zero-order valence-corrected chi connectivity index (χ0v) is 12.7. The molecule has 2 aromatic rings. The molecule has 0 aliphatic rings. The lowest BCUT2D eigenvalue weighted by Crippen LogP contribution is -1.98. The molecule has 96 valence electrons. The monoisotopic (exact) mass is 327 g/mol. The van der Waals surface area contributed by atoms with E-state index in [1.54, 1.807) is 18.4 Å². The highest BCUT2D eigenvalue weighted by Crippen LogP contribution is 2.29. The highest BCUT2D eigenvalue weighted by atomic mass is 79.9. The van der Waals surface area contributed by atoms with Gasteiger partial charge in [-0.25, -0.2) is 4.98 Å². The van der Waals surface area contributed by atoms with Gasteiger partial charge < -0.3 is 9.47 Å². The van der Waals surface area contributed by atoms with Crippen LogP contribution in [0.1, 0.15) is 16.3 Å². The van der Waals surface area contributed by atoms with Gasteiger partial charge in [0.15, 0.2) is 11.5 Å². The standard InChI is InChI=1S/C13H14BrNO2S/c1-9-8-18-13(15-9)7-17-11-4-3-10(6-14)5-12(11)16-2/h3-5,8H,6-7H2,1-2H3. The lowest BCUT2D eigenvalue weighted by atomic mass is 10.2. The second-order valence-corrected chi connectivity index (χ2v) is 5.29. The molecule has 0 radical (unpaired) electrons. The number of ether oxygens (including phenoxy) is 2. The fourth-order valence-corrected chi connectivity index (χ4v) is 2.55. The Hall–Kier alpha value is -1.07. The van der Waals surface area contributed by atoms with Crippen molar-refractivity contribution < 1.29 is 9.47 Å². The van der Waals surface area contributed by atoms with Crippen molar-refractivity contribution in [2.45, 2.75) is 18.9 Å². The number of aryl methyl sites for hydroxylation is 1. The summed E-state index contributed by atoms with van der Waals surface area (Å²) in [6.45, 7) is 2.45. The Morgan fingerprint density at radius 2 is 2.17 bits per heavy atom. The number of halogens is 1. The number of aromatic nitrogens is 1. The van der Waals surface area contributed by atoms with Crippen LogP contribution < -0.4 is 9.47 Å². The van der Waals surface area contributed by atoms with Crippen molar-refractivity contribution in [1.29, 1.82) is 0 Å². The first-order valence-corrected chi connectivity index (χ1v) is 7.49. The first-order valence-electron chi connectivity index (χ1n) is 5.49. The average Bonchev–Trinajstić information content (AvgIpc) is 2.82. The van der Waals surface area contributed by atoms with Crippen molar-refractivity contribution >= 4 is 27.3 Å². The van der Waals surface area contributed by atoms with Gasteiger partial charge in [-0.1, -0.05) is 22.0 Å². The summed E-state index contributed by atoms with van der Waals surface area (Å²) in [5.74, 6) is 1.50. The van der Waals surface area contributed by atoms with Crippen LogP contribution in [0.4, 0.5) is 0 Å². The van der Waals surface area contributed by atoms with Crippen molar-refractivity contribution in [3.63, 3.8) is 0 Å². The molecule has 1 aromatic heterocycles. The molecule has 3 nitrogen and oxygen atoms in total. The summed E-state index contributed by atoms with van der Waals surface area (Å²) >= 11 is 5.02. The molecular formula is C13H14BrNO2S. The molecule has 5 heteroatoms. The lowest BCUT2D eigenvalue weighted by Gasteiger charge is -2.10. The number of rotatable bonds is 5. The van der Waals surface area contributed by atoms with Crippen molar-refractivity contribution in [2.75, 3.05) is 7.11 Å². The summed E-state index contributed by atoms with van der Waals surface area (Å²) in [6.07, 6.45) is 0. The zero-order valence-electron chi connectivity index (χ0n) is 10.3. The molecule has 0 saturated heterocycles. The van der Waals surface area contributed by atoms with Gasteiger partial charge >= 0.3 is 0 Å². The fraction of sp³-hybridized carbons (Fsp3) is 0.308. The minimum absolute atomic E-state index is 0.475. The molecule has 0 atom stereocenters. The first-order chi connectivity index (χ1) is 8.72. The van der Waals surface area contributed by atoms with Crippen LogP contribution in [0.2, 0.25) is 0 Å². The maximum Gasteiger partial charge on any atom is 0.161 e. The molecule has 2 rings (SSSR count). The van der Waals surface area contributed by atoms with Crippen molar-refractivity contribution in [3.05, 3.63) is 39.8 Å². The van der Waals surface area contributed by atoms with Crippen LogP contribution >= 0.6 is 27.3 Å². The fourth-order valence-electron chi connectivity index (χ4n) is 1.52. The highest BCUT2D eigenvalue weighted by Gasteiger charge is 2.07. The van der Waals surface area contributed by atoms with E-state index in [-0.39, 0.29) is 0 Å². The van der Waals surface area contributed by atoms with Crippen molar-refractivity contribution in [2.24, 2.45) is 0 Å². The smallest absolute Gasteiger partial charge is 0.161 e. The van der Waals surface area contributed by atoms with Gasteiger partial charge in [-0.05, 0) is 24.6 Å². The Labute approximate surface area is 119 Å². The van der Waals surface area contributed by atoms with E-state index in [9.17, 15) is 0 Å². The largest absolute Gasteiger partial charge is 0.493 e. The van der Waals surface area contributed by atoms with Gasteiger partial charge in [0, 0.05) is 16.4 Å². The minimum atomic E-state index is 0.475. The molecule has 0 N–H and O–H groups in total. The van der Waals surface area contributed by atoms with E-state index in [4.69, 9.17) is 9.47 Å². The van der Waals surface area contributed by atoms with Gasteiger partial charge in [0.25, 0.3) is 0 Å². The summed E-state index contributed by atoms with van der Waals surface area (Å²) in [5, 5.41) is 3.79. The van der Waals surface area contributed by atoms with E-state index in [1.165, 1.54) is 0 Å². The molecule has 0 fully saturated rings. The topological polar surface area (TPSA) is 31.4 Å². The van der Waals surface area contributed by atoms with Gasteiger partial charge in [-0.2, -0.15) is 0 Å². The number of alkyl halides is 1. The maximum atomic E-state index is 5.73. The zero-order chi connectivity index (χ0) is 13.0. The molecule has 0 aliphatic carbocycles. The number of hydrogen-bond acceptors (Lipinski definition) is 4. The molecule has 0 saturated carbocycles. The molecule has 0 aliphatic heterocycles. The minimum Gasteiger partial charge on any atom is -0.493 e. The molecule has 18 heavy (non-hydrogen) atoms. The summed E-state index contributed by atoms with van der Waals surface area (Å²) in [5.41, 5.74) is 2.18. The van der Waals surface area contributed by atoms with E-state index in [1.807, 2.05) is 30.5 Å². The van der Waals surface area contributed by atoms with Crippen LogP contribution in [0, 0.1) is 6.92 Å². The maximum absolute atomic E-state index is 5.73. The third-order valence-electron chi connectivity index (χ3n) is 2.40. The summed E-state index contributed by atoms with van der Waals surface area (Å²) in [6, 6.07) is 5.91. The van der Waals surface area contributed by atoms with Gasteiger partial charge in [0.2, 0.25) is 0 Å². The normalized spacial score (nSPS) is 10.4. The number of hydrogen-bond donors (Lipinski definition) is 0. The van der Waals surface area contributed by atoms with E-state index in [2.05, 4.69) is 20.9 Å². The van der Waals surface area contributed by atoms with Crippen molar-refractivity contribution in [1.82, 2.24) is 4.98 Å². The van der Waals surface area contributed by atoms with E-state index < -0.39 is 0 Å². The van der Waals surface area contributed by atoms with E-state index in [0.29, 0.717) is 6.61 Å². The molecule has 0 bridgehead atoms. The summed E-state index contributed by atoms with van der Waals surface area (Å²) in [4.78, 5) is 4.36. The highest BCUT2D eigenvalue weighted by molar-refractivity contribution is 9.08. The average molecular weight is 328 g/mol. The summed E-state index contributed by atoms with van der Waals surface area (Å²) in [7, 11) is 1.65. The van der Waals surface area contributed by atoms with Crippen molar-refractivity contribution in [3.8, 4) is 11.5 Å². The Kier molecular flexibility index (Phi) is 4.60. The molecule has 1 aromatic carbocycles. The van der Waals surface area contributed by atoms with Crippen LogP contribution in [0.15, 0.2) is 23.6 Å². The van der Waals surface area contributed by atoms with Gasteiger partial charge in [0.05, 0.1) is 7.11 Å². The number of methoxy groups -OCH3 is 1. The van der Waals surface area contributed by atoms with Crippen LogP contribution in [0.3, 0.4) is 0 Å². The predicted octanol–water partition coefficient (Wildman–Crippen LogP) is 3.93. The van der Waals surface area contributed by atoms with Gasteiger partial charge in [0.1, 0.15) is 11.6 Å². The van der Waals surface area contributed by atoms with E-state index in [0.717, 1.165) is 33.1 Å². The Balaban J connectivity index is 2.08. The second kappa shape index (κ2) is 6.20. The second-order valence-electron chi connectivity index (χ2n) is 3.79. The lowest BCUT2D eigenvalue weighted by molar-refractivity contribution is 0.284. The molecule has 0 amide bonds. The van der Waals surface area contributed by atoms with Crippen LogP contribution in [0.25, 0.3) is 0 Å².